The van der Waals surface area contributed by atoms with Crippen molar-refractivity contribution in [2.45, 2.75) is 4.90 Å². The minimum Gasteiger partial charge on any atom is -0.268 e. The van der Waals surface area contributed by atoms with Crippen molar-refractivity contribution in [3.8, 4) is 6.07 Å². The summed E-state index contributed by atoms with van der Waals surface area (Å²) in [6.07, 6.45) is 3.01. The summed E-state index contributed by atoms with van der Waals surface area (Å²) >= 11 is 5.87. The average Bonchev–Trinajstić information content (AvgIpc) is 2.47. The molecule has 0 fully saturated rings. The summed E-state index contributed by atoms with van der Waals surface area (Å²) in [5.74, 6) is 0. The molecule has 0 spiro atoms. The molecule has 5 nitrogen and oxygen atoms in total. The van der Waals surface area contributed by atoms with Crippen molar-refractivity contribution in [2.24, 2.45) is 0 Å². The number of aromatic nitrogens is 1. The van der Waals surface area contributed by atoms with E-state index in [0.29, 0.717) is 5.69 Å². The summed E-state index contributed by atoms with van der Waals surface area (Å²) in [5, 5.41) is 8.90. The molecule has 1 heterocycles. The van der Waals surface area contributed by atoms with Crippen molar-refractivity contribution in [2.75, 3.05) is 11.4 Å². The van der Waals surface area contributed by atoms with Crippen molar-refractivity contribution in [1.29, 1.82) is 5.26 Å². The Labute approximate surface area is 122 Å². The van der Waals surface area contributed by atoms with Gasteiger partial charge >= 0.3 is 0 Å². The third-order valence-electron chi connectivity index (χ3n) is 2.73. The van der Waals surface area contributed by atoms with Gasteiger partial charge in [-0.25, -0.2) is 8.42 Å². The van der Waals surface area contributed by atoms with Gasteiger partial charge in [-0.2, -0.15) is 5.26 Å². The van der Waals surface area contributed by atoms with Crippen LogP contribution in [-0.2, 0) is 10.0 Å². The zero-order valence-corrected chi connectivity index (χ0v) is 12.1. The highest BCUT2D eigenvalue weighted by Gasteiger charge is 2.22. The third kappa shape index (κ3) is 2.59. The fraction of sp³-hybridized carbons (Fsp3) is 0.0769. The molecule has 0 radical (unpaired) electrons. The van der Waals surface area contributed by atoms with Crippen LogP contribution in [0.3, 0.4) is 0 Å². The fourth-order valence-corrected chi connectivity index (χ4v) is 3.08. The Morgan fingerprint density at radius 3 is 2.65 bits per heavy atom. The Kier molecular flexibility index (Phi) is 3.93. The molecule has 0 unspecified atom stereocenters. The lowest BCUT2D eigenvalue weighted by molar-refractivity contribution is 0.594. The highest BCUT2D eigenvalue weighted by atomic mass is 35.5. The molecule has 0 N–H and O–H groups in total. The minimum absolute atomic E-state index is 0.0212. The molecule has 2 aromatic rings. The van der Waals surface area contributed by atoms with Gasteiger partial charge < -0.3 is 0 Å². The zero-order valence-electron chi connectivity index (χ0n) is 10.5. The minimum atomic E-state index is -3.74. The number of rotatable bonds is 3. The number of halogens is 1. The number of anilines is 1. The Morgan fingerprint density at radius 2 is 2.10 bits per heavy atom. The summed E-state index contributed by atoms with van der Waals surface area (Å²) in [7, 11) is -2.31. The quantitative estimate of drug-likeness (QED) is 0.873. The van der Waals surface area contributed by atoms with Crippen LogP contribution < -0.4 is 4.31 Å². The van der Waals surface area contributed by atoms with E-state index in [1.165, 1.54) is 31.4 Å². The van der Waals surface area contributed by atoms with Gasteiger partial charge in [-0.05, 0) is 30.3 Å². The SMILES string of the molecule is CN(c1cccnc1)S(=O)(=O)c1ccc(C#N)c(Cl)c1. The van der Waals surface area contributed by atoms with Gasteiger partial charge in [0, 0.05) is 13.2 Å². The Bertz CT molecular complexity index is 770. The summed E-state index contributed by atoms with van der Waals surface area (Å²) < 4.78 is 26.0. The van der Waals surface area contributed by atoms with Gasteiger partial charge in [-0.15, -0.1) is 0 Å². The summed E-state index contributed by atoms with van der Waals surface area (Å²) in [6.45, 7) is 0. The van der Waals surface area contributed by atoms with Crippen molar-refractivity contribution in [3.63, 3.8) is 0 Å². The maximum absolute atomic E-state index is 12.4. The predicted octanol–water partition coefficient (Wildman–Crippen LogP) is 2.43. The van der Waals surface area contributed by atoms with Crippen molar-refractivity contribution in [3.05, 3.63) is 53.3 Å². The topological polar surface area (TPSA) is 74.1 Å². The van der Waals surface area contributed by atoms with Crippen LogP contribution >= 0.6 is 11.6 Å². The standard InChI is InChI=1S/C13H10ClN3O2S/c1-17(11-3-2-6-16-9-11)20(18,19)12-5-4-10(8-15)13(14)7-12/h2-7,9H,1H3. The number of benzene rings is 1. The zero-order chi connectivity index (χ0) is 14.8. The Balaban J connectivity index is 2.46. The fourth-order valence-electron chi connectivity index (χ4n) is 1.58. The number of nitriles is 1. The lowest BCUT2D eigenvalue weighted by Crippen LogP contribution is -2.26. The first-order valence-electron chi connectivity index (χ1n) is 5.55. The molecular formula is C13H10ClN3O2S. The Hall–Kier alpha value is -2.10. The van der Waals surface area contributed by atoms with Crippen molar-refractivity contribution in [1.82, 2.24) is 4.98 Å². The molecule has 0 bridgehead atoms. The van der Waals surface area contributed by atoms with Gasteiger partial charge in [0.2, 0.25) is 0 Å². The largest absolute Gasteiger partial charge is 0.268 e. The number of sulfonamides is 1. The molecule has 0 aliphatic heterocycles. The molecular weight excluding hydrogens is 298 g/mol. The van der Waals surface area contributed by atoms with E-state index in [2.05, 4.69) is 4.98 Å². The predicted molar refractivity (Wildman–Crippen MR) is 76.0 cm³/mol. The average molecular weight is 308 g/mol. The summed E-state index contributed by atoms with van der Waals surface area (Å²) in [6, 6.07) is 9.17. The first-order valence-corrected chi connectivity index (χ1v) is 7.37. The van der Waals surface area contributed by atoms with E-state index in [9.17, 15) is 8.42 Å². The van der Waals surface area contributed by atoms with Crippen LogP contribution in [0.2, 0.25) is 5.02 Å². The smallest absolute Gasteiger partial charge is 0.264 e. The van der Waals surface area contributed by atoms with E-state index >= 15 is 0 Å². The molecule has 2 rings (SSSR count). The van der Waals surface area contributed by atoms with Gasteiger partial charge in [-0.3, -0.25) is 9.29 Å². The number of hydrogen-bond donors (Lipinski definition) is 0. The molecule has 20 heavy (non-hydrogen) atoms. The molecule has 0 amide bonds. The van der Waals surface area contributed by atoms with Crippen molar-refractivity contribution < 1.29 is 8.42 Å². The second-order valence-corrected chi connectivity index (χ2v) is 6.31. The molecule has 0 saturated carbocycles. The monoisotopic (exact) mass is 307 g/mol. The van der Waals surface area contributed by atoms with Gasteiger partial charge in [0.1, 0.15) is 6.07 Å². The number of nitrogens with zero attached hydrogens (tertiary/aromatic N) is 3. The van der Waals surface area contributed by atoms with E-state index in [0.717, 1.165) is 4.31 Å². The van der Waals surface area contributed by atoms with Crippen LogP contribution in [0.25, 0.3) is 0 Å². The van der Waals surface area contributed by atoms with Crippen LogP contribution in [-0.4, -0.2) is 20.4 Å². The normalized spacial score (nSPS) is 10.8. The molecule has 7 heteroatoms. The van der Waals surface area contributed by atoms with Crippen LogP contribution in [0.15, 0.2) is 47.6 Å². The van der Waals surface area contributed by atoms with E-state index in [1.807, 2.05) is 6.07 Å². The van der Waals surface area contributed by atoms with E-state index < -0.39 is 10.0 Å². The molecule has 0 saturated heterocycles. The maximum Gasteiger partial charge on any atom is 0.264 e. The molecule has 102 valence electrons. The van der Waals surface area contributed by atoms with Crippen LogP contribution in [0.4, 0.5) is 5.69 Å². The first kappa shape index (κ1) is 14.3. The van der Waals surface area contributed by atoms with Gasteiger partial charge in [0.15, 0.2) is 0 Å². The molecule has 0 aliphatic carbocycles. The van der Waals surface area contributed by atoms with Gasteiger partial charge in [0.25, 0.3) is 10.0 Å². The molecule has 0 atom stereocenters. The number of pyridine rings is 1. The molecule has 1 aromatic carbocycles. The second kappa shape index (κ2) is 5.49. The van der Waals surface area contributed by atoms with Crippen molar-refractivity contribution >= 4 is 27.3 Å². The van der Waals surface area contributed by atoms with Crippen LogP contribution in [0, 0.1) is 11.3 Å². The maximum atomic E-state index is 12.4. The summed E-state index contributed by atoms with van der Waals surface area (Å²) in [4.78, 5) is 3.90. The van der Waals surface area contributed by atoms with Crippen LogP contribution in [0.5, 0.6) is 0 Å². The number of hydrogen-bond acceptors (Lipinski definition) is 4. The molecule has 0 aliphatic rings. The Morgan fingerprint density at radius 1 is 1.35 bits per heavy atom. The van der Waals surface area contributed by atoms with E-state index in [4.69, 9.17) is 16.9 Å². The molecule has 1 aromatic heterocycles. The first-order chi connectivity index (χ1) is 9.46. The van der Waals surface area contributed by atoms with E-state index in [-0.39, 0.29) is 15.5 Å². The lowest BCUT2D eigenvalue weighted by Gasteiger charge is -2.19. The van der Waals surface area contributed by atoms with E-state index in [1.54, 1.807) is 18.3 Å². The van der Waals surface area contributed by atoms with Gasteiger partial charge in [0.05, 0.1) is 27.4 Å². The van der Waals surface area contributed by atoms with Crippen LogP contribution in [0.1, 0.15) is 5.56 Å². The highest BCUT2D eigenvalue weighted by molar-refractivity contribution is 7.92. The second-order valence-electron chi connectivity index (χ2n) is 3.94. The highest BCUT2D eigenvalue weighted by Crippen LogP contribution is 2.25. The summed E-state index contributed by atoms with van der Waals surface area (Å²) in [5.41, 5.74) is 0.669. The lowest BCUT2D eigenvalue weighted by atomic mass is 10.2. The van der Waals surface area contributed by atoms with Gasteiger partial charge in [-0.1, -0.05) is 11.6 Å². The third-order valence-corrected chi connectivity index (χ3v) is 4.82.